The van der Waals surface area contributed by atoms with E-state index in [4.69, 9.17) is 16.3 Å². The number of carbonyl (C=O) groups is 1. The van der Waals surface area contributed by atoms with Gasteiger partial charge >= 0.3 is 0 Å². The van der Waals surface area contributed by atoms with Gasteiger partial charge in [-0.25, -0.2) is 4.98 Å². The molecule has 140 valence electrons. The second-order valence-electron chi connectivity index (χ2n) is 6.50. The number of hydrogen-bond donors (Lipinski definition) is 2. The molecule has 0 saturated carbocycles. The van der Waals surface area contributed by atoms with Crippen molar-refractivity contribution in [2.24, 2.45) is 5.92 Å². The first-order valence-corrected chi connectivity index (χ1v) is 10.2. The molecule has 1 aromatic heterocycles. The lowest BCUT2D eigenvalue weighted by Crippen LogP contribution is -2.33. The highest BCUT2D eigenvalue weighted by Gasteiger charge is 2.13. The van der Waals surface area contributed by atoms with Crippen LogP contribution in [0.4, 0.5) is 0 Å². The monoisotopic (exact) mass is 393 g/mol. The van der Waals surface area contributed by atoms with Crippen LogP contribution in [0.25, 0.3) is 0 Å². The van der Waals surface area contributed by atoms with Crippen molar-refractivity contribution in [1.29, 1.82) is 0 Å². The molecule has 0 radical (unpaired) electrons. The number of ether oxygens (including phenoxy) is 1. The Kier molecular flexibility index (Phi) is 7.29. The fraction of sp³-hybridized carbons (Fsp3) is 0.474. The van der Waals surface area contributed by atoms with Crippen LogP contribution in [0.1, 0.15) is 30.0 Å². The molecule has 2 aromatic rings. The predicted octanol–water partition coefficient (Wildman–Crippen LogP) is 3.42. The van der Waals surface area contributed by atoms with E-state index in [9.17, 15) is 4.79 Å². The van der Waals surface area contributed by atoms with Gasteiger partial charge in [0.25, 0.3) is 0 Å². The van der Waals surface area contributed by atoms with Crippen LogP contribution in [-0.2, 0) is 17.8 Å². The zero-order chi connectivity index (χ0) is 18.2. The Labute approximate surface area is 163 Å². The van der Waals surface area contributed by atoms with E-state index in [1.165, 1.54) is 24.2 Å². The summed E-state index contributed by atoms with van der Waals surface area (Å²) in [5.74, 6) is 1.46. The average molecular weight is 394 g/mol. The molecule has 1 amide bonds. The highest BCUT2D eigenvalue weighted by atomic mass is 35.5. The molecule has 1 fully saturated rings. The van der Waals surface area contributed by atoms with Crippen LogP contribution in [0.5, 0.6) is 5.75 Å². The number of carbonyl (C=O) groups excluding carboxylic acids is 1. The van der Waals surface area contributed by atoms with Crippen molar-refractivity contribution in [2.45, 2.75) is 32.3 Å². The molecule has 7 heteroatoms. The van der Waals surface area contributed by atoms with E-state index < -0.39 is 0 Å². The van der Waals surface area contributed by atoms with Gasteiger partial charge in [-0.15, -0.1) is 11.3 Å². The van der Waals surface area contributed by atoms with E-state index in [1.807, 2.05) is 17.5 Å². The second-order valence-corrected chi connectivity index (χ2v) is 7.88. The normalized spacial score (nSPS) is 17.0. The third-order valence-electron chi connectivity index (χ3n) is 4.39. The number of thiazole rings is 1. The summed E-state index contributed by atoms with van der Waals surface area (Å²) in [4.78, 5) is 16.5. The van der Waals surface area contributed by atoms with Crippen LogP contribution in [0.2, 0.25) is 5.02 Å². The Morgan fingerprint density at radius 3 is 3.00 bits per heavy atom. The van der Waals surface area contributed by atoms with Crippen molar-refractivity contribution in [3.63, 3.8) is 0 Å². The Hall–Kier alpha value is -1.63. The molecule has 0 aliphatic carbocycles. The smallest absolute Gasteiger partial charge is 0.226 e. The maximum Gasteiger partial charge on any atom is 0.226 e. The highest BCUT2D eigenvalue weighted by Crippen LogP contribution is 2.18. The van der Waals surface area contributed by atoms with E-state index in [0.717, 1.165) is 42.5 Å². The Balaban J connectivity index is 1.37. The lowest BCUT2D eigenvalue weighted by molar-refractivity contribution is -0.120. The summed E-state index contributed by atoms with van der Waals surface area (Å²) in [6, 6.07) is 7.23. The van der Waals surface area contributed by atoms with Crippen LogP contribution >= 0.6 is 22.9 Å². The molecule has 1 atom stereocenters. The summed E-state index contributed by atoms with van der Waals surface area (Å²) in [5.41, 5.74) is 0.793. The van der Waals surface area contributed by atoms with Gasteiger partial charge in [-0.1, -0.05) is 11.6 Å². The zero-order valence-electron chi connectivity index (χ0n) is 14.7. The van der Waals surface area contributed by atoms with Gasteiger partial charge in [0.2, 0.25) is 5.91 Å². The number of hydrogen-bond acceptors (Lipinski definition) is 5. The summed E-state index contributed by atoms with van der Waals surface area (Å²) < 4.78 is 5.68. The number of nitrogens with one attached hydrogen (secondary N) is 2. The minimum atomic E-state index is 0.0317. The third kappa shape index (κ3) is 6.27. The molecule has 5 nitrogen and oxygen atoms in total. The van der Waals surface area contributed by atoms with E-state index in [1.54, 1.807) is 12.1 Å². The second kappa shape index (κ2) is 9.90. The van der Waals surface area contributed by atoms with Crippen molar-refractivity contribution < 1.29 is 9.53 Å². The van der Waals surface area contributed by atoms with Crippen LogP contribution in [-0.4, -0.2) is 30.5 Å². The number of aromatic nitrogens is 1. The predicted molar refractivity (Wildman–Crippen MR) is 105 cm³/mol. The Morgan fingerprint density at radius 1 is 1.38 bits per heavy atom. The molecule has 1 unspecified atom stereocenters. The number of piperidine rings is 1. The molecule has 2 heterocycles. The summed E-state index contributed by atoms with van der Waals surface area (Å²) in [6.07, 6.45) is 3.85. The van der Waals surface area contributed by atoms with Crippen LogP contribution in [0, 0.1) is 5.92 Å². The molecule has 1 saturated heterocycles. The van der Waals surface area contributed by atoms with Gasteiger partial charge in [-0.3, -0.25) is 4.79 Å². The number of amides is 1. The van der Waals surface area contributed by atoms with E-state index in [2.05, 4.69) is 15.6 Å². The lowest BCUT2D eigenvalue weighted by Gasteiger charge is -2.22. The molecule has 1 aliphatic rings. The van der Waals surface area contributed by atoms with E-state index >= 15 is 0 Å². The number of benzene rings is 1. The Bertz CT molecular complexity index is 699. The van der Waals surface area contributed by atoms with Gasteiger partial charge in [0, 0.05) is 16.9 Å². The van der Waals surface area contributed by atoms with Crippen molar-refractivity contribution in [2.75, 3.05) is 19.6 Å². The molecular formula is C19H24ClN3O2S. The van der Waals surface area contributed by atoms with Crippen LogP contribution in [0.15, 0.2) is 29.6 Å². The van der Waals surface area contributed by atoms with Crippen molar-refractivity contribution in [1.82, 2.24) is 15.6 Å². The molecule has 2 N–H and O–H groups in total. The average Bonchev–Trinajstić information content (AvgIpc) is 3.09. The maximum atomic E-state index is 12.1. The van der Waals surface area contributed by atoms with Crippen molar-refractivity contribution >= 4 is 28.8 Å². The van der Waals surface area contributed by atoms with Gasteiger partial charge in [0.05, 0.1) is 12.1 Å². The first-order valence-electron chi connectivity index (χ1n) is 8.98. The lowest BCUT2D eigenvalue weighted by atomic mass is 9.96. The maximum absolute atomic E-state index is 12.1. The fourth-order valence-electron chi connectivity index (χ4n) is 2.99. The number of halogens is 1. The minimum Gasteiger partial charge on any atom is -0.486 e. The molecule has 1 aromatic carbocycles. The van der Waals surface area contributed by atoms with Gasteiger partial charge < -0.3 is 15.4 Å². The third-order valence-corrected chi connectivity index (χ3v) is 5.51. The molecular weight excluding hydrogens is 370 g/mol. The summed E-state index contributed by atoms with van der Waals surface area (Å²) in [6.45, 7) is 3.32. The topological polar surface area (TPSA) is 63.2 Å². The molecule has 3 rings (SSSR count). The van der Waals surface area contributed by atoms with Crippen molar-refractivity contribution in [3.8, 4) is 5.75 Å². The molecule has 1 aliphatic heterocycles. The first-order chi connectivity index (χ1) is 12.7. The quantitative estimate of drug-likeness (QED) is 0.721. The SMILES string of the molecule is O=C(Cc1csc(COc2ccc(Cl)cc2)n1)NCCC1CCCNC1. The Morgan fingerprint density at radius 2 is 2.23 bits per heavy atom. The minimum absolute atomic E-state index is 0.0317. The summed E-state index contributed by atoms with van der Waals surface area (Å²) in [7, 11) is 0. The fourth-order valence-corrected chi connectivity index (χ4v) is 3.82. The van der Waals surface area contributed by atoms with Gasteiger partial charge in [-0.2, -0.15) is 0 Å². The van der Waals surface area contributed by atoms with Gasteiger partial charge in [-0.05, 0) is 62.5 Å². The van der Waals surface area contributed by atoms with E-state index in [0.29, 0.717) is 24.0 Å². The number of rotatable bonds is 8. The largest absolute Gasteiger partial charge is 0.486 e. The number of nitrogens with zero attached hydrogens (tertiary/aromatic N) is 1. The first kappa shape index (κ1) is 19.1. The van der Waals surface area contributed by atoms with E-state index in [-0.39, 0.29) is 5.91 Å². The van der Waals surface area contributed by atoms with Crippen LogP contribution in [0.3, 0.4) is 0 Å². The molecule has 26 heavy (non-hydrogen) atoms. The van der Waals surface area contributed by atoms with Gasteiger partial charge in [0.15, 0.2) is 0 Å². The summed E-state index contributed by atoms with van der Waals surface area (Å²) in [5, 5.41) is 9.87. The summed E-state index contributed by atoms with van der Waals surface area (Å²) >= 11 is 7.36. The molecule has 0 bridgehead atoms. The highest BCUT2D eigenvalue weighted by molar-refractivity contribution is 7.09. The zero-order valence-corrected chi connectivity index (χ0v) is 16.2. The standard InChI is InChI=1S/C19H24ClN3O2S/c20-15-3-5-17(6-4-15)25-12-19-23-16(13-26-19)10-18(24)22-9-7-14-2-1-8-21-11-14/h3-6,13-14,21H,1-2,7-12H2,(H,22,24). The van der Waals surface area contributed by atoms with Crippen LogP contribution < -0.4 is 15.4 Å². The molecule has 0 spiro atoms. The van der Waals surface area contributed by atoms with Gasteiger partial charge in [0.1, 0.15) is 17.4 Å². The van der Waals surface area contributed by atoms with Crippen molar-refractivity contribution in [3.05, 3.63) is 45.4 Å².